The monoisotopic (exact) mass is 325 g/mol. The van der Waals surface area contributed by atoms with Crippen molar-refractivity contribution in [2.75, 3.05) is 20.8 Å². The number of rotatable bonds is 7. The van der Waals surface area contributed by atoms with Gasteiger partial charge in [-0.2, -0.15) is 0 Å². The van der Waals surface area contributed by atoms with E-state index in [4.69, 9.17) is 9.47 Å². The predicted molar refractivity (Wildman–Crippen MR) is 88.6 cm³/mol. The minimum absolute atomic E-state index is 0. The molecule has 1 N–H and O–H groups in total. The molecule has 0 unspecified atom stereocenters. The van der Waals surface area contributed by atoms with Crippen molar-refractivity contribution in [3.05, 3.63) is 59.4 Å². The fourth-order valence-electron chi connectivity index (χ4n) is 2.10. The van der Waals surface area contributed by atoms with Crippen LogP contribution < -0.4 is 14.8 Å². The van der Waals surface area contributed by atoms with Crippen molar-refractivity contribution in [1.29, 1.82) is 0 Å². The largest absolute Gasteiger partial charge is 0.497 e. The zero-order chi connectivity index (χ0) is 15.1. The lowest BCUT2D eigenvalue weighted by atomic mass is 10.1. The molecule has 2 aromatic carbocycles. The zero-order valence-corrected chi connectivity index (χ0v) is 13.6. The van der Waals surface area contributed by atoms with Crippen LogP contribution in [-0.4, -0.2) is 20.8 Å². The molecule has 0 saturated heterocycles. The van der Waals surface area contributed by atoms with Crippen LogP contribution >= 0.6 is 12.4 Å². The van der Waals surface area contributed by atoms with Gasteiger partial charge in [-0.1, -0.05) is 18.2 Å². The Bertz CT molecular complexity index is 575. The van der Waals surface area contributed by atoms with Crippen LogP contribution in [0.4, 0.5) is 4.39 Å². The minimum Gasteiger partial charge on any atom is -0.497 e. The molecule has 0 aliphatic rings. The van der Waals surface area contributed by atoms with Crippen molar-refractivity contribution >= 4 is 12.4 Å². The summed E-state index contributed by atoms with van der Waals surface area (Å²) in [6, 6.07) is 12.4. The SMILES string of the molecule is COc1ccc(CNCCc2ccc(F)cc2)c(OC)c1.Cl. The Labute approximate surface area is 136 Å². The van der Waals surface area contributed by atoms with Crippen LogP contribution in [0, 0.1) is 5.82 Å². The number of halogens is 2. The molecule has 0 saturated carbocycles. The van der Waals surface area contributed by atoms with Crippen molar-refractivity contribution in [2.24, 2.45) is 0 Å². The van der Waals surface area contributed by atoms with Crippen LogP contribution in [0.2, 0.25) is 0 Å². The van der Waals surface area contributed by atoms with Crippen LogP contribution in [0.5, 0.6) is 11.5 Å². The summed E-state index contributed by atoms with van der Waals surface area (Å²) in [6.45, 7) is 1.54. The smallest absolute Gasteiger partial charge is 0.127 e. The van der Waals surface area contributed by atoms with Crippen LogP contribution in [0.1, 0.15) is 11.1 Å². The van der Waals surface area contributed by atoms with Crippen LogP contribution in [0.25, 0.3) is 0 Å². The summed E-state index contributed by atoms with van der Waals surface area (Å²) >= 11 is 0. The maximum absolute atomic E-state index is 12.8. The number of hydrogen-bond donors (Lipinski definition) is 1. The van der Waals surface area contributed by atoms with Crippen molar-refractivity contribution in [3.63, 3.8) is 0 Å². The van der Waals surface area contributed by atoms with E-state index in [2.05, 4.69) is 5.32 Å². The van der Waals surface area contributed by atoms with E-state index in [1.807, 2.05) is 30.3 Å². The highest BCUT2D eigenvalue weighted by molar-refractivity contribution is 5.85. The van der Waals surface area contributed by atoms with Gasteiger partial charge in [0.1, 0.15) is 17.3 Å². The zero-order valence-electron chi connectivity index (χ0n) is 12.8. The summed E-state index contributed by atoms with van der Waals surface area (Å²) in [5.74, 6) is 1.39. The van der Waals surface area contributed by atoms with Gasteiger partial charge in [0.05, 0.1) is 14.2 Å². The van der Waals surface area contributed by atoms with Crippen LogP contribution in [0.15, 0.2) is 42.5 Å². The molecule has 0 aliphatic carbocycles. The molecule has 0 atom stereocenters. The first-order valence-corrected chi connectivity index (χ1v) is 6.89. The van der Waals surface area contributed by atoms with Crippen molar-refractivity contribution in [2.45, 2.75) is 13.0 Å². The Morgan fingerprint density at radius 3 is 2.36 bits per heavy atom. The number of nitrogens with one attached hydrogen (secondary N) is 1. The first kappa shape index (κ1) is 18.3. The van der Waals surface area contributed by atoms with Crippen molar-refractivity contribution in [3.8, 4) is 11.5 Å². The first-order chi connectivity index (χ1) is 10.2. The topological polar surface area (TPSA) is 30.5 Å². The van der Waals surface area contributed by atoms with Gasteiger partial charge in [0, 0.05) is 18.2 Å². The predicted octanol–water partition coefficient (Wildman–Crippen LogP) is 3.60. The third-order valence-corrected chi connectivity index (χ3v) is 3.31. The van der Waals surface area contributed by atoms with Gasteiger partial charge >= 0.3 is 0 Å². The molecular formula is C17H21ClFNO2. The number of ether oxygens (including phenoxy) is 2. The highest BCUT2D eigenvalue weighted by Crippen LogP contribution is 2.24. The van der Waals surface area contributed by atoms with E-state index in [0.717, 1.165) is 35.6 Å². The molecule has 0 bridgehead atoms. The Hall–Kier alpha value is -1.78. The Morgan fingerprint density at radius 2 is 1.73 bits per heavy atom. The molecule has 0 radical (unpaired) electrons. The van der Waals surface area contributed by atoms with Gasteiger partial charge in [0.15, 0.2) is 0 Å². The van der Waals surface area contributed by atoms with Crippen LogP contribution in [-0.2, 0) is 13.0 Å². The van der Waals surface area contributed by atoms with Gasteiger partial charge in [-0.05, 0) is 36.7 Å². The Balaban J connectivity index is 0.00000242. The summed E-state index contributed by atoms with van der Waals surface area (Å²) in [6.07, 6.45) is 0.860. The lowest BCUT2D eigenvalue weighted by Crippen LogP contribution is -2.17. The van der Waals surface area contributed by atoms with E-state index in [0.29, 0.717) is 6.54 Å². The lowest BCUT2D eigenvalue weighted by molar-refractivity contribution is 0.390. The van der Waals surface area contributed by atoms with E-state index in [1.54, 1.807) is 14.2 Å². The lowest BCUT2D eigenvalue weighted by Gasteiger charge is -2.11. The summed E-state index contributed by atoms with van der Waals surface area (Å²) in [5.41, 5.74) is 2.20. The van der Waals surface area contributed by atoms with E-state index in [1.165, 1.54) is 12.1 Å². The molecule has 120 valence electrons. The summed E-state index contributed by atoms with van der Waals surface area (Å²) in [7, 11) is 3.28. The molecule has 0 amide bonds. The molecule has 2 rings (SSSR count). The average molecular weight is 326 g/mol. The molecule has 0 fully saturated rings. The standard InChI is InChI=1S/C17H20FNO2.ClH/c1-20-16-8-5-14(17(11-16)21-2)12-19-10-9-13-3-6-15(18)7-4-13;/h3-8,11,19H,9-10,12H2,1-2H3;1H. The van der Waals surface area contributed by atoms with E-state index >= 15 is 0 Å². The molecule has 2 aromatic rings. The highest BCUT2D eigenvalue weighted by Gasteiger charge is 2.04. The molecule has 0 heterocycles. The first-order valence-electron chi connectivity index (χ1n) is 6.89. The second kappa shape index (κ2) is 9.28. The second-order valence-electron chi connectivity index (χ2n) is 4.73. The third kappa shape index (κ3) is 5.20. The summed E-state index contributed by atoms with van der Waals surface area (Å²) in [4.78, 5) is 0. The van der Waals surface area contributed by atoms with Gasteiger partial charge in [-0.25, -0.2) is 4.39 Å². The molecule has 22 heavy (non-hydrogen) atoms. The Kier molecular flexibility index (Phi) is 7.71. The summed E-state index contributed by atoms with van der Waals surface area (Å²) in [5, 5.41) is 3.36. The van der Waals surface area contributed by atoms with Gasteiger partial charge in [-0.3, -0.25) is 0 Å². The Morgan fingerprint density at radius 1 is 1.00 bits per heavy atom. The van der Waals surface area contributed by atoms with E-state index in [-0.39, 0.29) is 18.2 Å². The number of benzene rings is 2. The average Bonchev–Trinajstić information content (AvgIpc) is 2.53. The number of methoxy groups -OCH3 is 2. The highest BCUT2D eigenvalue weighted by atomic mass is 35.5. The third-order valence-electron chi connectivity index (χ3n) is 3.31. The molecule has 0 aromatic heterocycles. The fourth-order valence-corrected chi connectivity index (χ4v) is 2.10. The van der Waals surface area contributed by atoms with E-state index < -0.39 is 0 Å². The molecular weight excluding hydrogens is 305 g/mol. The van der Waals surface area contributed by atoms with Gasteiger partial charge in [-0.15, -0.1) is 12.4 Å². The maximum atomic E-state index is 12.8. The van der Waals surface area contributed by atoms with E-state index in [9.17, 15) is 4.39 Å². The van der Waals surface area contributed by atoms with Gasteiger partial charge in [0.2, 0.25) is 0 Å². The number of hydrogen-bond acceptors (Lipinski definition) is 3. The molecule has 3 nitrogen and oxygen atoms in total. The van der Waals surface area contributed by atoms with Crippen molar-refractivity contribution < 1.29 is 13.9 Å². The molecule has 0 spiro atoms. The van der Waals surface area contributed by atoms with Crippen LogP contribution in [0.3, 0.4) is 0 Å². The minimum atomic E-state index is -0.199. The fraction of sp³-hybridized carbons (Fsp3) is 0.294. The van der Waals surface area contributed by atoms with Crippen molar-refractivity contribution in [1.82, 2.24) is 5.32 Å². The molecule has 5 heteroatoms. The van der Waals surface area contributed by atoms with Gasteiger partial charge < -0.3 is 14.8 Å². The van der Waals surface area contributed by atoms with Gasteiger partial charge in [0.25, 0.3) is 0 Å². The second-order valence-corrected chi connectivity index (χ2v) is 4.73. The quantitative estimate of drug-likeness (QED) is 0.789. The normalized spacial score (nSPS) is 9.95. The maximum Gasteiger partial charge on any atom is 0.127 e. The molecule has 0 aliphatic heterocycles. The summed E-state index contributed by atoms with van der Waals surface area (Å²) < 4.78 is 23.3.